The van der Waals surface area contributed by atoms with Crippen molar-refractivity contribution in [1.82, 2.24) is 15.2 Å². The minimum Gasteiger partial charge on any atom is -0.360 e. The Balaban J connectivity index is 1.99. The van der Waals surface area contributed by atoms with Crippen LogP contribution in [-0.2, 0) is 16.6 Å². The number of aromatic nitrogens is 1. The molecule has 7 heteroatoms. The molecule has 0 aliphatic heterocycles. The van der Waals surface area contributed by atoms with Crippen molar-refractivity contribution in [2.75, 3.05) is 7.05 Å². The van der Waals surface area contributed by atoms with Crippen molar-refractivity contribution >= 4 is 10.0 Å². The molecule has 0 fully saturated rings. The van der Waals surface area contributed by atoms with E-state index in [1.807, 2.05) is 25.1 Å². The first-order valence-electron chi connectivity index (χ1n) is 7.56. The molecule has 0 radical (unpaired) electrons. The smallest absolute Gasteiger partial charge is 0.240 e. The molecular weight excluding hydrogens is 314 g/mol. The molecule has 2 aromatic rings. The second-order valence-electron chi connectivity index (χ2n) is 5.75. The molecule has 2 N–H and O–H groups in total. The lowest BCUT2D eigenvalue weighted by Crippen LogP contribution is -2.20. The molecule has 0 bridgehead atoms. The molecule has 0 unspecified atom stereocenters. The van der Waals surface area contributed by atoms with Crippen LogP contribution in [0.2, 0.25) is 0 Å². The average Bonchev–Trinajstić information content (AvgIpc) is 3.02. The van der Waals surface area contributed by atoms with Gasteiger partial charge >= 0.3 is 0 Å². The summed E-state index contributed by atoms with van der Waals surface area (Å²) in [6.45, 7) is 6.72. The fourth-order valence-corrected chi connectivity index (χ4v) is 2.84. The maximum Gasteiger partial charge on any atom is 0.240 e. The maximum atomic E-state index is 11.7. The quantitative estimate of drug-likeness (QED) is 0.811. The van der Waals surface area contributed by atoms with Crippen LogP contribution in [0, 0.1) is 0 Å². The van der Waals surface area contributed by atoms with Crippen molar-refractivity contribution in [3.05, 3.63) is 47.3 Å². The minimum absolute atomic E-state index is 0.0638. The number of hydrogen-bond acceptors (Lipinski definition) is 5. The Labute approximate surface area is 137 Å². The van der Waals surface area contributed by atoms with Crippen LogP contribution >= 0.6 is 0 Å². The third-order valence-corrected chi connectivity index (χ3v) is 5.14. The van der Waals surface area contributed by atoms with Gasteiger partial charge in [-0.25, -0.2) is 13.1 Å². The number of nitrogens with one attached hydrogen (secondary N) is 2. The van der Waals surface area contributed by atoms with Crippen molar-refractivity contribution in [1.29, 1.82) is 0 Å². The second-order valence-corrected chi connectivity index (χ2v) is 7.64. The molecule has 1 aromatic heterocycles. The zero-order chi connectivity index (χ0) is 17.0. The van der Waals surface area contributed by atoms with E-state index in [0.717, 1.165) is 17.0 Å². The van der Waals surface area contributed by atoms with E-state index < -0.39 is 10.0 Å². The summed E-state index contributed by atoms with van der Waals surface area (Å²) < 4.78 is 31.0. The van der Waals surface area contributed by atoms with Crippen LogP contribution in [0.25, 0.3) is 0 Å². The van der Waals surface area contributed by atoms with Crippen LogP contribution in [-0.4, -0.2) is 20.6 Å². The van der Waals surface area contributed by atoms with Crippen LogP contribution in [0.3, 0.4) is 0 Å². The molecule has 23 heavy (non-hydrogen) atoms. The molecule has 1 heterocycles. The van der Waals surface area contributed by atoms with Crippen LogP contribution in [0.1, 0.15) is 49.7 Å². The highest BCUT2D eigenvalue weighted by atomic mass is 32.2. The van der Waals surface area contributed by atoms with E-state index in [1.165, 1.54) is 7.05 Å². The van der Waals surface area contributed by atoms with Crippen molar-refractivity contribution in [2.45, 2.75) is 44.2 Å². The Morgan fingerprint density at radius 1 is 1.17 bits per heavy atom. The molecule has 0 saturated heterocycles. The normalized spacial score (nSPS) is 13.4. The predicted molar refractivity (Wildman–Crippen MR) is 88.5 cm³/mol. The van der Waals surface area contributed by atoms with Gasteiger partial charge in [0.25, 0.3) is 0 Å². The summed E-state index contributed by atoms with van der Waals surface area (Å²) in [5.41, 5.74) is 1.94. The Bertz CT molecular complexity index is 736. The molecule has 6 nitrogen and oxygen atoms in total. The molecule has 126 valence electrons. The molecule has 0 aliphatic carbocycles. The third kappa shape index (κ3) is 4.40. The lowest BCUT2D eigenvalue weighted by Gasteiger charge is -2.13. The van der Waals surface area contributed by atoms with Gasteiger partial charge in [-0.1, -0.05) is 31.1 Å². The first-order valence-corrected chi connectivity index (χ1v) is 9.04. The molecule has 2 rings (SSSR count). The molecule has 1 aromatic carbocycles. The van der Waals surface area contributed by atoms with Crippen molar-refractivity contribution < 1.29 is 12.9 Å². The SMILES string of the molecule is CNS(=O)(=O)c1ccc([C@H](C)NCc2cc(C(C)C)no2)cc1. The van der Waals surface area contributed by atoms with Crippen molar-refractivity contribution in [3.8, 4) is 0 Å². The Morgan fingerprint density at radius 3 is 2.35 bits per heavy atom. The lowest BCUT2D eigenvalue weighted by atomic mass is 10.1. The fraction of sp³-hybridized carbons (Fsp3) is 0.438. The van der Waals surface area contributed by atoms with Gasteiger partial charge in [0, 0.05) is 12.1 Å². The van der Waals surface area contributed by atoms with Gasteiger partial charge in [-0.05, 0) is 37.6 Å². The molecule has 0 spiro atoms. The molecule has 1 atom stereocenters. The summed E-state index contributed by atoms with van der Waals surface area (Å²) in [6, 6.07) is 8.83. The highest BCUT2D eigenvalue weighted by molar-refractivity contribution is 7.89. The molecular formula is C16H23N3O3S. The predicted octanol–water partition coefficient (Wildman–Crippen LogP) is 2.56. The molecule has 0 saturated carbocycles. The van der Waals surface area contributed by atoms with Gasteiger partial charge < -0.3 is 9.84 Å². The van der Waals surface area contributed by atoms with Gasteiger partial charge in [-0.3, -0.25) is 0 Å². The maximum absolute atomic E-state index is 11.7. The summed E-state index contributed by atoms with van der Waals surface area (Å²) in [5, 5.41) is 7.37. The van der Waals surface area contributed by atoms with Gasteiger partial charge in [-0.2, -0.15) is 0 Å². The lowest BCUT2D eigenvalue weighted by molar-refractivity contribution is 0.359. The molecule has 0 amide bonds. The Morgan fingerprint density at radius 2 is 1.83 bits per heavy atom. The van der Waals surface area contributed by atoms with Gasteiger partial charge in [0.1, 0.15) is 0 Å². The van der Waals surface area contributed by atoms with E-state index in [4.69, 9.17) is 4.52 Å². The van der Waals surface area contributed by atoms with Crippen molar-refractivity contribution in [3.63, 3.8) is 0 Å². The average molecular weight is 337 g/mol. The highest BCUT2D eigenvalue weighted by Gasteiger charge is 2.13. The second kappa shape index (κ2) is 7.25. The fourth-order valence-electron chi connectivity index (χ4n) is 2.11. The zero-order valence-electron chi connectivity index (χ0n) is 13.8. The van der Waals surface area contributed by atoms with Gasteiger partial charge in [0.15, 0.2) is 5.76 Å². The van der Waals surface area contributed by atoms with Gasteiger partial charge in [0.2, 0.25) is 10.0 Å². The zero-order valence-corrected chi connectivity index (χ0v) is 14.6. The van der Waals surface area contributed by atoms with Gasteiger partial charge in [0.05, 0.1) is 17.1 Å². The topological polar surface area (TPSA) is 84.2 Å². The van der Waals surface area contributed by atoms with E-state index in [2.05, 4.69) is 29.0 Å². The number of nitrogens with zero attached hydrogens (tertiary/aromatic N) is 1. The number of benzene rings is 1. The van der Waals surface area contributed by atoms with Gasteiger partial charge in [-0.15, -0.1) is 0 Å². The summed E-state index contributed by atoms with van der Waals surface area (Å²) in [6.07, 6.45) is 0. The summed E-state index contributed by atoms with van der Waals surface area (Å²) in [5.74, 6) is 1.13. The monoisotopic (exact) mass is 337 g/mol. The van der Waals surface area contributed by atoms with E-state index in [0.29, 0.717) is 12.5 Å². The van der Waals surface area contributed by atoms with Crippen LogP contribution < -0.4 is 10.0 Å². The number of rotatable bonds is 7. The number of sulfonamides is 1. The summed E-state index contributed by atoms with van der Waals surface area (Å²) in [4.78, 5) is 0.257. The highest BCUT2D eigenvalue weighted by Crippen LogP contribution is 2.18. The van der Waals surface area contributed by atoms with E-state index in [9.17, 15) is 8.42 Å². The first kappa shape index (κ1) is 17.7. The Kier molecular flexibility index (Phi) is 5.56. The minimum atomic E-state index is -3.40. The van der Waals surface area contributed by atoms with E-state index in [-0.39, 0.29) is 10.9 Å². The number of hydrogen-bond donors (Lipinski definition) is 2. The van der Waals surface area contributed by atoms with Crippen LogP contribution in [0.15, 0.2) is 39.8 Å². The van der Waals surface area contributed by atoms with Crippen molar-refractivity contribution in [2.24, 2.45) is 0 Å². The molecule has 0 aliphatic rings. The van der Waals surface area contributed by atoms with Crippen LogP contribution in [0.5, 0.6) is 0 Å². The first-order chi connectivity index (χ1) is 10.8. The largest absolute Gasteiger partial charge is 0.360 e. The standard InChI is InChI=1S/C16H23N3O3S/c1-11(2)16-9-14(22-19-16)10-18-12(3)13-5-7-15(8-6-13)23(20,21)17-4/h5-9,11-12,17-18H,10H2,1-4H3/t12-/m0/s1. The van der Waals surface area contributed by atoms with Crippen LogP contribution in [0.4, 0.5) is 0 Å². The summed E-state index contributed by atoms with van der Waals surface area (Å²) >= 11 is 0. The third-order valence-electron chi connectivity index (χ3n) is 3.71. The van der Waals surface area contributed by atoms with E-state index in [1.54, 1.807) is 12.1 Å². The summed E-state index contributed by atoms with van der Waals surface area (Å²) in [7, 11) is -2.00. The Hall–Kier alpha value is -1.70. The van der Waals surface area contributed by atoms with E-state index >= 15 is 0 Å².